The van der Waals surface area contributed by atoms with E-state index in [9.17, 15) is 34.2 Å². The maximum Gasteiger partial charge on any atom is 0.348 e. The fraction of sp³-hybridized carbons (Fsp3) is 0.902. The molecule has 1 saturated heterocycles. The number of carbonyl (C=O) groups excluding carboxylic acids is 5. The van der Waals surface area contributed by atoms with Crippen molar-refractivity contribution >= 4 is 29.8 Å². The summed E-state index contributed by atoms with van der Waals surface area (Å²) in [4.78, 5) is 59.3. The fourth-order valence-corrected chi connectivity index (χ4v) is 8.81. The minimum Gasteiger partial charge on any atom is -0.462 e. The average Bonchev–Trinajstić information content (AvgIpc) is 3.36. The van der Waals surface area contributed by atoms with Crippen LogP contribution in [0, 0.1) is 33.5 Å². The third kappa shape index (κ3) is 17.2. The Labute approximate surface area is 386 Å². The molecule has 6 aliphatic rings. The summed E-state index contributed by atoms with van der Waals surface area (Å²) in [6.07, 6.45) is 11.2. The zero-order chi connectivity index (χ0) is 43.5. The predicted molar refractivity (Wildman–Crippen MR) is 255 cm³/mol. The van der Waals surface area contributed by atoms with Crippen molar-refractivity contribution in [2.75, 3.05) is 13.2 Å². The van der Waals surface area contributed by atoms with Crippen LogP contribution in [-0.4, -0.2) is 81.8 Å². The van der Waals surface area contributed by atoms with Gasteiger partial charge in [-0.15, -0.1) is 0 Å². The highest BCUT2D eigenvalue weighted by Gasteiger charge is 2.65. The van der Waals surface area contributed by atoms with E-state index in [1.165, 1.54) is 32.1 Å². The molecular weight excluding hydrogens is 805 g/mol. The van der Waals surface area contributed by atoms with Gasteiger partial charge in [-0.2, -0.15) is 0 Å². The summed E-state index contributed by atoms with van der Waals surface area (Å²) in [5.41, 5.74) is -4.71. The standard InChI is InChI=1S/C16H26O4.C15H28O2.C14H22O6.6CH4/c1-4-13(2,3)12(17)20-16-7-11-5-14(18,9-16)8-15(19,6-11)10-16;1-6-14(2,3)13(16)17-15(4,5)12-10-8-7-9-11-12;1-6-13(2,3)12(17)18-7-9(15)20-10-11(16)19-8-14(10,4)5;;;;;;/h11,18-19H,4-10H2,1-3H3;12H,6-11H2,1-5H3;10H,6-8H2,1-5H3;6*1H4. The maximum absolute atomic E-state index is 12.4. The normalized spacial score (nSPS) is 26.7. The molecule has 0 aromatic carbocycles. The van der Waals surface area contributed by atoms with Gasteiger partial charge in [-0.1, -0.05) is 98.4 Å². The molecule has 63 heavy (non-hydrogen) atoms. The summed E-state index contributed by atoms with van der Waals surface area (Å²) >= 11 is 0. The van der Waals surface area contributed by atoms with Gasteiger partial charge in [0.2, 0.25) is 6.10 Å². The molecule has 4 bridgehead atoms. The van der Waals surface area contributed by atoms with Crippen LogP contribution in [0.25, 0.3) is 0 Å². The molecule has 1 aliphatic heterocycles. The lowest BCUT2D eigenvalue weighted by Gasteiger charge is -2.62. The minimum absolute atomic E-state index is 0. The summed E-state index contributed by atoms with van der Waals surface area (Å²) in [7, 11) is 0. The van der Waals surface area contributed by atoms with E-state index < -0.39 is 63.7 Å². The topological polar surface area (TPSA) is 172 Å². The van der Waals surface area contributed by atoms with Gasteiger partial charge in [0.15, 0.2) is 6.61 Å². The molecule has 376 valence electrons. The lowest BCUT2D eigenvalue weighted by molar-refractivity contribution is -0.264. The number of esters is 5. The van der Waals surface area contributed by atoms with Crippen LogP contribution in [-0.2, 0) is 47.7 Å². The Morgan fingerprint density at radius 1 is 0.667 bits per heavy atom. The molecule has 0 aromatic rings. The quantitative estimate of drug-likeness (QED) is 0.140. The second-order valence-corrected chi connectivity index (χ2v) is 21.1. The van der Waals surface area contributed by atoms with Crippen molar-refractivity contribution in [2.24, 2.45) is 33.5 Å². The molecule has 0 radical (unpaired) electrons. The minimum atomic E-state index is -0.951. The van der Waals surface area contributed by atoms with Crippen LogP contribution in [0.15, 0.2) is 0 Å². The van der Waals surface area contributed by atoms with Gasteiger partial charge < -0.3 is 33.9 Å². The highest BCUT2D eigenvalue weighted by Crippen LogP contribution is 2.60. The molecule has 5 aliphatic carbocycles. The number of cyclic esters (lactones) is 1. The van der Waals surface area contributed by atoms with Gasteiger partial charge in [-0.3, -0.25) is 14.4 Å². The van der Waals surface area contributed by atoms with Gasteiger partial charge in [0.05, 0.1) is 27.4 Å². The Morgan fingerprint density at radius 3 is 1.52 bits per heavy atom. The van der Waals surface area contributed by atoms with E-state index in [1.54, 1.807) is 27.7 Å². The number of hydrogen-bond acceptors (Lipinski definition) is 12. The van der Waals surface area contributed by atoms with Gasteiger partial charge in [0, 0.05) is 24.7 Å². The molecule has 6 fully saturated rings. The number of ether oxygens (including phenoxy) is 5. The third-order valence-corrected chi connectivity index (χ3v) is 13.6. The SMILES string of the molecule is C.C.C.C.C.C.CCC(C)(C)C(=O)OC(C)(C)C1CCCCC1.CCC(C)(C)C(=O)OC12CC3CC(O)(CC(O)(C3)C1)C2.CCC(C)(C)C(=O)OCC(=O)OC1C(=O)OCC1(C)C. The third-order valence-electron chi connectivity index (χ3n) is 13.6. The first kappa shape index (κ1) is 66.9. The lowest BCUT2D eigenvalue weighted by atomic mass is 9.50. The van der Waals surface area contributed by atoms with E-state index in [0.717, 1.165) is 32.1 Å². The fourth-order valence-electron chi connectivity index (χ4n) is 8.81. The number of rotatable bonds is 12. The van der Waals surface area contributed by atoms with E-state index >= 15 is 0 Å². The smallest absolute Gasteiger partial charge is 0.348 e. The van der Waals surface area contributed by atoms with E-state index in [4.69, 9.17) is 23.7 Å². The van der Waals surface area contributed by atoms with Crippen molar-refractivity contribution in [2.45, 2.75) is 253 Å². The van der Waals surface area contributed by atoms with Crippen molar-refractivity contribution in [3.05, 3.63) is 0 Å². The van der Waals surface area contributed by atoms with Crippen molar-refractivity contribution < 1.29 is 57.9 Å². The van der Waals surface area contributed by atoms with Gasteiger partial charge in [0.25, 0.3) is 0 Å². The molecule has 12 heteroatoms. The Bertz CT molecular complexity index is 1440. The van der Waals surface area contributed by atoms with Crippen molar-refractivity contribution in [1.82, 2.24) is 0 Å². The molecule has 1 heterocycles. The monoisotopic (exact) mass is 905 g/mol. The highest BCUT2D eigenvalue weighted by atomic mass is 16.6. The lowest BCUT2D eigenvalue weighted by Crippen LogP contribution is -2.67. The summed E-state index contributed by atoms with van der Waals surface area (Å²) in [6.45, 7) is 24.4. The van der Waals surface area contributed by atoms with Crippen LogP contribution >= 0.6 is 0 Å². The Kier molecular flexibility index (Phi) is 26.2. The molecule has 0 aromatic heterocycles. The molecule has 6 rings (SSSR count). The predicted octanol–water partition coefficient (Wildman–Crippen LogP) is 11.8. The summed E-state index contributed by atoms with van der Waals surface area (Å²) in [5.74, 6) is -1.22. The maximum atomic E-state index is 12.4. The van der Waals surface area contributed by atoms with Crippen LogP contribution < -0.4 is 0 Å². The van der Waals surface area contributed by atoms with Crippen LogP contribution in [0.1, 0.15) is 224 Å². The van der Waals surface area contributed by atoms with Crippen molar-refractivity contribution in [1.29, 1.82) is 0 Å². The van der Waals surface area contributed by atoms with E-state index in [0.29, 0.717) is 31.6 Å². The number of hydrogen-bond donors (Lipinski definition) is 2. The first-order valence-corrected chi connectivity index (χ1v) is 21.4. The number of aliphatic hydroxyl groups is 2. The van der Waals surface area contributed by atoms with Crippen LogP contribution in [0.3, 0.4) is 0 Å². The summed E-state index contributed by atoms with van der Waals surface area (Å²) in [6, 6.07) is 0. The Balaban J connectivity index is -0.000000397. The molecule has 2 N–H and O–H groups in total. The van der Waals surface area contributed by atoms with Gasteiger partial charge in [0.1, 0.15) is 17.8 Å². The van der Waals surface area contributed by atoms with Gasteiger partial charge >= 0.3 is 29.8 Å². The molecule has 3 unspecified atom stereocenters. The van der Waals surface area contributed by atoms with Crippen molar-refractivity contribution in [3.8, 4) is 0 Å². The molecule has 5 saturated carbocycles. The van der Waals surface area contributed by atoms with E-state index in [2.05, 4.69) is 13.8 Å². The van der Waals surface area contributed by atoms with Gasteiger partial charge in [-0.05, 0) is 119 Å². The first-order valence-electron chi connectivity index (χ1n) is 21.4. The van der Waals surface area contributed by atoms with Crippen LogP contribution in [0.5, 0.6) is 0 Å². The number of carbonyl (C=O) groups is 5. The Morgan fingerprint density at radius 2 is 1.11 bits per heavy atom. The molecule has 12 nitrogen and oxygen atoms in total. The average molecular weight is 905 g/mol. The van der Waals surface area contributed by atoms with Gasteiger partial charge in [-0.25, -0.2) is 9.59 Å². The second-order valence-electron chi connectivity index (χ2n) is 21.1. The zero-order valence-electron chi connectivity index (χ0n) is 37.5. The molecule has 0 spiro atoms. The Hall–Kier alpha value is -2.73. The largest absolute Gasteiger partial charge is 0.462 e. The van der Waals surface area contributed by atoms with Crippen LogP contribution in [0.4, 0.5) is 0 Å². The van der Waals surface area contributed by atoms with E-state index in [1.807, 2.05) is 48.5 Å². The highest BCUT2D eigenvalue weighted by molar-refractivity contribution is 5.84. The summed E-state index contributed by atoms with van der Waals surface area (Å²) in [5, 5.41) is 21.3. The van der Waals surface area contributed by atoms with E-state index in [-0.39, 0.29) is 80.0 Å². The van der Waals surface area contributed by atoms with Crippen molar-refractivity contribution in [3.63, 3.8) is 0 Å². The first-order chi connectivity index (χ1) is 26.0. The second kappa shape index (κ2) is 24.7. The zero-order valence-corrected chi connectivity index (χ0v) is 37.5. The molecule has 3 atom stereocenters. The molecule has 0 amide bonds. The summed E-state index contributed by atoms with van der Waals surface area (Å²) < 4.78 is 26.5. The van der Waals surface area contributed by atoms with Crippen LogP contribution in [0.2, 0.25) is 0 Å². The molecular formula is C51H100O12.